The topological polar surface area (TPSA) is 22.1 Å². The van der Waals surface area contributed by atoms with Crippen LogP contribution in [0.15, 0.2) is 30.3 Å². The Balaban J connectivity index is 2.64. The first-order valence-electron chi connectivity index (χ1n) is 6.03. The maximum absolute atomic E-state index is 13.9. The highest BCUT2D eigenvalue weighted by Gasteiger charge is 2.15. The summed E-state index contributed by atoms with van der Waals surface area (Å²) in [7, 11) is 1.50. The molecule has 0 saturated carbocycles. The molecule has 0 aliphatic carbocycles. The summed E-state index contributed by atoms with van der Waals surface area (Å²) in [4.78, 5) is 4.29. The van der Waals surface area contributed by atoms with E-state index in [1.54, 1.807) is 6.07 Å². The van der Waals surface area contributed by atoms with E-state index >= 15 is 0 Å². The largest absolute Gasteiger partial charge is 0.481 e. The quantitative estimate of drug-likeness (QED) is 0.829. The number of aromatic nitrogens is 1. The summed E-state index contributed by atoms with van der Waals surface area (Å²) in [5.41, 5.74) is 1.67. The number of methoxy groups -OCH3 is 1. The zero-order chi connectivity index (χ0) is 14.0. The van der Waals surface area contributed by atoms with Crippen molar-refractivity contribution in [3.05, 3.63) is 47.5 Å². The molecule has 4 heteroatoms. The average Bonchev–Trinajstić information content (AvgIpc) is 2.38. The van der Waals surface area contributed by atoms with E-state index in [1.807, 2.05) is 19.9 Å². The third kappa shape index (κ3) is 2.72. The van der Waals surface area contributed by atoms with E-state index in [9.17, 15) is 8.78 Å². The van der Waals surface area contributed by atoms with Crippen molar-refractivity contribution in [2.45, 2.75) is 19.8 Å². The molecule has 0 saturated heterocycles. The van der Waals surface area contributed by atoms with Crippen molar-refractivity contribution in [1.82, 2.24) is 4.98 Å². The molecule has 0 spiro atoms. The van der Waals surface area contributed by atoms with E-state index in [0.717, 1.165) is 11.6 Å². The van der Waals surface area contributed by atoms with Gasteiger partial charge in [0.1, 0.15) is 11.6 Å². The third-order valence-electron chi connectivity index (χ3n) is 2.92. The Labute approximate surface area is 111 Å². The van der Waals surface area contributed by atoms with Crippen LogP contribution in [0.4, 0.5) is 8.78 Å². The number of pyridine rings is 1. The molecule has 1 aromatic heterocycles. The molecule has 0 atom stereocenters. The minimum atomic E-state index is -0.623. The maximum Gasteiger partial charge on any atom is 0.213 e. The maximum atomic E-state index is 13.9. The Kier molecular flexibility index (Phi) is 3.79. The van der Waals surface area contributed by atoms with Crippen LogP contribution >= 0.6 is 0 Å². The molecule has 0 bridgehead atoms. The highest BCUT2D eigenvalue weighted by Crippen LogP contribution is 2.31. The van der Waals surface area contributed by atoms with Gasteiger partial charge in [0.2, 0.25) is 5.88 Å². The second kappa shape index (κ2) is 5.34. The fourth-order valence-electron chi connectivity index (χ4n) is 1.93. The van der Waals surface area contributed by atoms with Crippen molar-refractivity contribution >= 4 is 0 Å². The van der Waals surface area contributed by atoms with Crippen LogP contribution in [-0.2, 0) is 0 Å². The SMILES string of the molecule is COc1ccc(C(C)C)c(-c2ccc(F)cc2F)n1. The fraction of sp³-hybridized carbons (Fsp3) is 0.267. The standard InChI is InChI=1S/C15H15F2NO/c1-9(2)11-6-7-14(19-3)18-15(11)12-5-4-10(16)8-13(12)17/h4-9H,1-3H3. The molecule has 0 N–H and O–H groups in total. The smallest absolute Gasteiger partial charge is 0.213 e. The molecule has 1 aromatic carbocycles. The molecule has 0 amide bonds. The van der Waals surface area contributed by atoms with Crippen LogP contribution in [0.5, 0.6) is 5.88 Å². The van der Waals surface area contributed by atoms with E-state index in [0.29, 0.717) is 11.6 Å². The molecule has 0 fully saturated rings. The van der Waals surface area contributed by atoms with Gasteiger partial charge in [-0.3, -0.25) is 0 Å². The molecule has 2 nitrogen and oxygen atoms in total. The van der Waals surface area contributed by atoms with Gasteiger partial charge in [0.05, 0.1) is 12.8 Å². The van der Waals surface area contributed by atoms with Crippen LogP contribution in [0.25, 0.3) is 11.3 Å². The zero-order valence-corrected chi connectivity index (χ0v) is 11.1. The monoisotopic (exact) mass is 263 g/mol. The number of hydrogen-bond acceptors (Lipinski definition) is 2. The van der Waals surface area contributed by atoms with Crippen molar-refractivity contribution < 1.29 is 13.5 Å². The van der Waals surface area contributed by atoms with Gasteiger partial charge in [0, 0.05) is 17.7 Å². The van der Waals surface area contributed by atoms with Crippen LogP contribution in [0.3, 0.4) is 0 Å². The van der Waals surface area contributed by atoms with Crippen LogP contribution in [0, 0.1) is 11.6 Å². The summed E-state index contributed by atoms with van der Waals surface area (Å²) < 4.78 is 31.9. The van der Waals surface area contributed by atoms with Gasteiger partial charge in [-0.25, -0.2) is 13.8 Å². The first-order chi connectivity index (χ1) is 9.02. The molecule has 2 aromatic rings. The summed E-state index contributed by atoms with van der Waals surface area (Å²) in [6, 6.07) is 7.08. The van der Waals surface area contributed by atoms with Crippen LogP contribution in [0.1, 0.15) is 25.3 Å². The second-order valence-electron chi connectivity index (χ2n) is 4.57. The zero-order valence-electron chi connectivity index (χ0n) is 11.1. The number of benzene rings is 1. The van der Waals surface area contributed by atoms with Crippen LogP contribution in [-0.4, -0.2) is 12.1 Å². The van der Waals surface area contributed by atoms with E-state index < -0.39 is 11.6 Å². The lowest BCUT2D eigenvalue weighted by Gasteiger charge is -2.13. The highest BCUT2D eigenvalue weighted by molar-refractivity contribution is 5.65. The number of nitrogens with zero attached hydrogens (tertiary/aromatic N) is 1. The molecule has 0 aliphatic rings. The van der Waals surface area contributed by atoms with Crippen molar-refractivity contribution in [2.24, 2.45) is 0 Å². The summed E-state index contributed by atoms with van der Waals surface area (Å²) in [5.74, 6) is -0.640. The van der Waals surface area contributed by atoms with Crippen LogP contribution < -0.4 is 4.74 Å². The van der Waals surface area contributed by atoms with E-state index in [4.69, 9.17) is 4.74 Å². The predicted octanol–water partition coefficient (Wildman–Crippen LogP) is 4.16. The number of ether oxygens (including phenoxy) is 1. The Morgan fingerprint density at radius 1 is 1.11 bits per heavy atom. The Morgan fingerprint density at radius 3 is 2.42 bits per heavy atom. The van der Waals surface area contributed by atoms with E-state index in [-0.39, 0.29) is 11.5 Å². The molecular formula is C15H15F2NO. The van der Waals surface area contributed by atoms with Gasteiger partial charge in [-0.2, -0.15) is 0 Å². The lowest BCUT2D eigenvalue weighted by molar-refractivity contribution is 0.398. The van der Waals surface area contributed by atoms with E-state index in [2.05, 4.69) is 4.98 Å². The van der Waals surface area contributed by atoms with Crippen LogP contribution in [0.2, 0.25) is 0 Å². The number of halogens is 2. The van der Waals surface area contributed by atoms with Crippen molar-refractivity contribution in [1.29, 1.82) is 0 Å². The average molecular weight is 263 g/mol. The minimum Gasteiger partial charge on any atom is -0.481 e. The third-order valence-corrected chi connectivity index (χ3v) is 2.92. The number of rotatable bonds is 3. The number of hydrogen-bond donors (Lipinski definition) is 0. The van der Waals surface area contributed by atoms with Crippen molar-refractivity contribution in [3.8, 4) is 17.1 Å². The van der Waals surface area contributed by atoms with Gasteiger partial charge in [-0.15, -0.1) is 0 Å². The summed E-state index contributed by atoms with van der Waals surface area (Å²) in [5, 5.41) is 0. The van der Waals surface area contributed by atoms with Gasteiger partial charge in [0.15, 0.2) is 0 Å². The molecule has 1 heterocycles. The summed E-state index contributed by atoms with van der Waals surface area (Å²) >= 11 is 0. The van der Waals surface area contributed by atoms with E-state index in [1.165, 1.54) is 19.2 Å². The molecule has 100 valence electrons. The predicted molar refractivity (Wildman–Crippen MR) is 70.2 cm³/mol. The lowest BCUT2D eigenvalue weighted by Crippen LogP contribution is -1.99. The second-order valence-corrected chi connectivity index (χ2v) is 4.57. The van der Waals surface area contributed by atoms with Gasteiger partial charge < -0.3 is 4.74 Å². The van der Waals surface area contributed by atoms with Gasteiger partial charge in [0.25, 0.3) is 0 Å². The Bertz CT molecular complexity index is 597. The molecular weight excluding hydrogens is 248 g/mol. The highest BCUT2D eigenvalue weighted by atomic mass is 19.1. The fourth-order valence-corrected chi connectivity index (χ4v) is 1.93. The molecule has 0 radical (unpaired) electrons. The van der Waals surface area contributed by atoms with Gasteiger partial charge in [-0.1, -0.05) is 19.9 Å². The first kappa shape index (κ1) is 13.5. The molecule has 2 rings (SSSR count). The first-order valence-corrected chi connectivity index (χ1v) is 6.03. The normalized spacial score (nSPS) is 10.8. The summed E-state index contributed by atoms with van der Waals surface area (Å²) in [6.07, 6.45) is 0. The molecule has 19 heavy (non-hydrogen) atoms. The van der Waals surface area contributed by atoms with Gasteiger partial charge >= 0.3 is 0 Å². The lowest BCUT2D eigenvalue weighted by atomic mass is 9.97. The minimum absolute atomic E-state index is 0.179. The molecule has 0 unspecified atom stereocenters. The Morgan fingerprint density at radius 2 is 1.84 bits per heavy atom. The molecule has 0 aliphatic heterocycles. The van der Waals surface area contributed by atoms with Crippen molar-refractivity contribution in [3.63, 3.8) is 0 Å². The van der Waals surface area contributed by atoms with Crippen molar-refractivity contribution in [2.75, 3.05) is 7.11 Å². The summed E-state index contributed by atoms with van der Waals surface area (Å²) in [6.45, 7) is 3.99. The van der Waals surface area contributed by atoms with Gasteiger partial charge in [-0.05, 0) is 23.6 Å². The Hall–Kier alpha value is -1.97.